The van der Waals surface area contributed by atoms with Crippen molar-refractivity contribution in [1.82, 2.24) is 4.90 Å². The number of benzene rings is 1. The predicted octanol–water partition coefficient (Wildman–Crippen LogP) is 3.47. The van der Waals surface area contributed by atoms with E-state index in [0.29, 0.717) is 0 Å². The van der Waals surface area contributed by atoms with E-state index >= 15 is 0 Å². The standard InChI is InChI=1S/C18H21NO3/c1-13(20)16-9-5-8-15-10-11-17(16)19(15)18(21)22-12-14-6-3-2-4-7-14/h2-4,6-7,9,15,17H,5,8,10-12H2,1H3. The summed E-state index contributed by atoms with van der Waals surface area (Å²) < 4.78 is 5.48. The number of Topliss-reactive ketones (excluding diaryl/α,β-unsaturated/α-hetero) is 1. The van der Waals surface area contributed by atoms with E-state index < -0.39 is 0 Å². The lowest BCUT2D eigenvalue weighted by atomic mass is 9.97. The van der Waals surface area contributed by atoms with Crippen LogP contribution in [0.25, 0.3) is 0 Å². The van der Waals surface area contributed by atoms with Crippen molar-refractivity contribution in [1.29, 1.82) is 0 Å². The van der Waals surface area contributed by atoms with Gasteiger partial charge in [-0.25, -0.2) is 4.79 Å². The molecule has 2 heterocycles. The number of hydrogen-bond acceptors (Lipinski definition) is 3. The second kappa shape index (κ2) is 6.34. The van der Waals surface area contributed by atoms with Gasteiger partial charge in [0.25, 0.3) is 0 Å². The molecule has 4 nitrogen and oxygen atoms in total. The second-order valence-corrected chi connectivity index (χ2v) is 5.99. The molecule has 22 heavy (non-hydrogen) atoms. The molecule has 2 unspecified atom stereocenters. The van der Waals surface area contributed by atoms with Gasteiger partial charge in [-0.3, -0.25) is 9.69 Å². The summed E-state index contributed by atoms with van der Waals surface area (Å²) in [5.74, 6) is 0.0633. The minimum absolute atomic E-state index is 0.0633. The largest absolute Gasteiger partial charge is 0.445 e. The first-order chi connectivity index (χ1) is 10.7. The van der Waals surface area contributed by atoms with E-state index in [4.69, 9.17) is 4.74 Å². The molecule has 0 N–H and O–H groups in total. The average Bonchev–Trinajstić information content (AvgIpc) is 2.81. The van der Waals surface area contributed by atoms with E-state index in [-0.39, 0.29) is 30.6 Å². The quantitative estimate of drug-likeness (QED) is 0.858. The number of allylic oxidation sites excluding steroid dienone is 1. The predicted molar refractivity (Wildman–Crippen MR) is 83.3 cm³/mol. The number of carbonyl (C=O) groups excluding carboxylic acids is 2. The van der Waals surface area contributed by atoms with Crippen LogP contribution in [0.4, 0.5) is 4.79 Å². The summed E-state index contributed by atoms with van der Waals surface area (Å²) in [6, 6.07) is 9.75. The van der Waals surface area contributed by atoms with Crippen LogP contribution in [0, 0.1) is 0 Å². The molecule has 0 saturated carbocycles. The van der Waals surface area contributed by atoms with Gasteiger partial charge in [0.05, 0.1) is 6.04 Å². The molecule has 2 aliphatic rings. The molecule has 2 atom stereocenters. The maximum absolute atomic E-state index is 12.5. The molecule has 0 radical (unpaired) electrons. The van der Waals surface area contributed by atoms with Crippen molar-refractivity contribution in [2.24, 2.45) is 0 Å². The Kier molecular flexibility index (Phi) is 4.27. The minimum Gasteiger partial charge on any atom is -0.445 e. The molecular weight excluding hydrogens is 278 g/mol. The SMILES string of the molecule is CC(=O)C1=CCCC2CCC1N2C(=O)OCc1ccccc1. The Labute approximate surface area is 130 Å². The van der Waals surface area contributed by atoms with Gasteiger partial charge in [-0.05, 0) is 38.2 Å². The monoisotopic (exact) mass is 299 g/mol. The number of carbonyl (C=O) groups is 2. The van der Waals surface area contributed by atoms with Crippen molar-refractivity contribution < 1.29 is 14.3 Å². The summed E-state index contributed by atoms with van der Waals surface area (Å²) in [7, 11) is 0. The fourth-order valence-corrected chi connectivity index (χ4v) is 3.49. The van der Waals surface area contributed by atoms with E-state index in [1.165, 1.54) is 0 Å². The third-order valence-electron chi connectivity index (χ3n) is 4.55. The van der Waals surface area contributed by atoms with Crippen molar-refractivity contribution >= 4 is 11.9 Å². The van der Waals surface area contributed by atoms with Crippen LogP contribution in [0.1, 0.15) is 38.2 Å². The molecule has 1 saturated heterocycles. The van der Waals surface area contributed by atoms with E-state index in [9.17, 15) is 9.59 Å². The van der Waals surface area contributed by atoms with Crippen molar-refractivity contribution in [2.45, 2.75) is 51.3 Å². The van der Waals surface area contributed by atoms with Crippen LogP contribution in [0.5, 0.6) is 0 Å². The van der Waals surface area contributed by atoms with Crippen LogP contribution in [-0.4, -0.2) is 28.9 Å². The summed E-state index contributed by atoms with van der Waals surface area (Å²) in [4.78, 5) is 26.2. The number of hydrogen-bond donors (Lipinski definition) is 0. The van der Waals surface area contributed by atoms with Gasteiger partial charge >= 0.3 is 6.09 Å². The third-order valence-corrected chi connectivity index (χ3v) is 4.55. The summed E-state index contributed by atoms with van der Waals surface area (Å²) in [5, 5.41) is 0. The Hall–Kier alpha value is -2.10. The summed E-state index contributed by atoms with van der Waals surface area (Å²) in [6.45, 7) is 1.85. The summed E-state index contributed by atoms with van der Waals surface area (Å²) >= 11 is 0. The van der Waals surface area contributed by atoms with E-state index in [1.54, 1.807) is 11.8 Å². The second-order valence-electron chi connectivity index (χ2n) is 5.99. The molecule has 2 aliphatic heterocycles. The van der Waals surface area contributed by atoms with Gasteiger partial charge in [-0.15, -0.1) is 0 Å². The zero-order valence-corrected chi connectivity index (χ0v) is 12.8. The van der Waals surface area contributed by atoms with Crippen LogP contribution >= 0.6 is 0 Å². The van der Waals surface area contributed by atoms with Gasteiger partial charge in [-0.2, -0.15) is 0 Å². The van der Waals surface area contributed by atoms with Crippen molar-refractivity contribution in [3.05, 3.63) is 47.5 Å². The molecule has 0 aromatic heterocycles. The number of rotatable bonds is 3. The molecule has 2 bridgehead atoms. The van der Waals surface area contributed by atoms with E-state index in [2.05, 4.69) is 0 Å². The number of ether oxygens (including phenoxy) is 1. The molecule has 0 aliphatic carbocycles. The van der Waals surface area contributed by atoms with Crippen LogP contribution in [0.15, 0.2) is 42.0 Å². The zero-order valence-electron chi connectivity index (χ0n) is 12.8. The molecule has 4 heteroatoms. The molecule has 116 valence electrons. The molecular formula is C18H21NO3. The summed E-state index contributed by atoms with van der Waals surface area (Å²) in [5.41, 5.74) is 1.75. The lowest BCUT2D eigenvalue weighted by molar-refractivity contribution is -0.114. The zero-order chi connectivity index (χ0) is 15.5. The smallest absolute Gasteiger partial charge is 0.410 e. The van der Waals surface area contributed by atoms with Crippen LogP contribution < -0.4 is 0 Å². The number of ketones is 1. The first-order valence-corrected chi connectivity index (χ1v) is 7.87. The topological polar surface area (TPSA) is 46.6 Å². The Morgan fingerprint density at radius 2 is 1.95 bits per heavy atom. The Bertz CT molecular complexity index is 594. The lowest BCUT2D eigenvalue weighted by Crippen LogP contribution is -2.42. The minimum atomic E-state index is -0.301. The molecule has 1 aromatic carbocycles. The Morgan fingerprint density at radius 1 is 1.18 bits per heavy atom. The normalized spacial score (nSPS) is 23.7. The highest BCUT2D eigenvalue weighted by Crippen LogP contribution is 2.35. The highest BCUT2D eigenvalue weighted by Gasteiger charge is 2.41. The van der Waals surface area contributed by atoms with E-state index in [0.717, 1.165) is 36.8 Å². The van der Waals surface area contributed by atoms with Gasteiger partial charge < -0.3 is 4.74 Å². The maximum atomic E-state index is 12.5. The molecule has 0 spiro atoms. The highest BCUT2D eigenvalue weighted by atomic mass is 16.6. The molecule has 1 aromatic rings. The molecule has 1 fully saturated rings. The van der Waals surface area contributed by atoms with Gasteiger partial charge in [0.15, 0.2) is 5.78 Å². The first-order valence-electron chi connectivity index (χ1n) is 7.87. The average molecular weight is 299 g/mol. The van der Waals surface area contributed by atoms with Crippen LogP contribution in [0.3, 0.4) is 0 Å². The summed E-state index contributed by atoms with van der Waals surface area (Å²) in [6.07, 6.45) is 5.28. The maximum Gasteiger partial charge on any atom is 0.410 e. The van der Waals surface area contributed by atoms with Gasteiger partial charge in [-0.1, -0.05) is 36.4 Å². The number of amides is 1. The fraction of sp³-hybridized carbons (Fsp3) is 0.444. The first kappa shape index (κ1) is 14.8. The number of nitrogens with zero attached hydrogens (tertiary/aromatic N) is 1. The Morgan fingerprint density at radius 3 is 2.68 bits per heavy atom. The van der Waals surface area contributed by atoms with E-state index in [1.807, 2.05) is 36.4 Å². The van der Waals surface area contributed by atoms with Crippen LogP contribution in [-0.2, 0) is 16.1 Å². The van der Waals surface area contributed by atoms with Gasteiger partial charge in [0.2, 0.25) is 0 Å². The Balaban J connectivity index is 1.71. The fourth-order valence-electron chi connectivity index (χ4n) is 3.49. The van der Waals surface area contributed by atoms with Gasteiger partial charge in [0.1, 0.15) is 6.61 Å². The number of fused-ring (bicyclic) bond motifs is 2. The van der Waals surface area contributed by atoms with Gasteiger partial charge in [0, 0.05) is 11.6 Å². The lowest BCUT2D eigenvalue weighted by Gasteiger charge is -2.28. The van der Waals surface area contributed by atoms with Crippen molar-refractivity contribution in [3.8, 4) is 0 Å². The molecule has 3 rings (SSSR count). The highest BCUT2D eigenvalue weighted by molar-refractivity contribution is 5.95. The van der Waals surface area contributed by atoms with Crippen molar-refractivity contribution in [2.75, 3.05) is 0 Å². The van der Waals surface area contributed by atoms with Crippen LogP contribution in [0.2, 0.25) is 0 Å². The van der Waals surface area contributed by atoms with Crippen molar-refractivity contribution in [3.63, 3.8) is 0 Å². The third kappa shape index (κ3) is 2.91. The molecule has 1 amide bonds.